The molecule has 0 atom stereocenters. The fourth-order valence-corrected chi connectivity index (χ4v) is 1.55. The van der Waals surface area contributed by atoms with Crippen LogP contribution in [0, 0.1) is 0 Å². The molecule has 0 aliphatic rings. The zero-order chi connectivity index (χ0) is 9.59. The van der Waals surface area contributed by atoms with Gasteiger partial charge in [-0.25, -0.2) is 0 Å². The Hall–Kier alpha value is -1.64. The Kier molecular flexibility index (Phi) is 1.49. The number of hydrogen-bond acceptors (Lipinski definition) is 3. The van der Waals surface area contributed by atoms with Gasteiger partial charge in [-0.05, 0) is 26.0 Å². The molecule has 0 saturated carbocycles. The summed E-state index contributed by atoms with van der Waals surface area (Å²) in [5.41, 5.74) is 1.86. The molecule has 0 fully saturated rings. The van der Waals surface area contributed by atoms with Crippen LogP contribution in [0.1, 0.15) is 34.6 Å². The van der Waals surface area contributed by atoms with E-state index in [1.54, 1.807) is 12.1 Å². The number of hydrogen-bond donors (Lipinski definition) is 0. The van der Waals surface area contributed by atoms with Gasteiger partial charge in [-0.1, -0.05) is 0 Å². The number of ketones is 2. The number of carbonyl (C=O) groups is 2. The highest BCUT2D eigenvalue weighted by Crippen LogP contribution is 2.29. The molecule has 0 aromatic carbocycles. The minimum Gasteiger partial charge on any atom is -0.456 e. The smallest absolute Gasteiger partial charge is 0.164 e. The van der Waals surface area contributed by atoms with Crippen molar-refractivity contribution in [1.82, 2.24) is 0 Å². The van der Waals surface area contributed by atoms with Crippen molar-refractivity contribution in [3.8, 4) is 0 Å². The summed E-state index contributed by atoms with van der Waals surface area (Å²) in [6.07, 6.45) is 0. The van der Waals surface area contributed by atoms with Gasteiger partial charge in [-0.3, -0.25) is 9.59 Å². The molecule has 0 radical (unpaired) electrons. The molecule has 13 heavy (non-hydrogen) atoms. The van der Waals surface area contributed by atoms with Crippen molar-refractivity contribution in [3.63, 3.8) is 0 Å². The molecule has 0 aliphatic carbocycles. The van der Waals surface area contributed by atoms with E-state index in [9.17, 15) is 9.59 Å². The number of rotatable bonds is 2. The van der Waals surface area contributed by atoms with Crippen LogP contribution in [0.15, 0.2) is 16.5 Å². The lowest BCUT2D eigenvalue weighted by Crippen LogP contribution is -2.01. The first-order valence-electron chi connectivity index (χ1n) is 3.98. The van der Waals surface area contributed by atoms with Crippen molar-refractivity contribution in [1.29, 1.82) is 0 Å². The van der Waals surface area contributed by atoms with E-state index >= 15 is 0 Å². The molecule has 0 amide bonds. The summed E-state index contributed by atoms with van der Waals surface area (Å²) in [5, 5.41) is 0. The van der Waals surface area contributed by atoms with Gasteiger partial charge in [0.25, 0.3) is 0 Å². The molecule has 2 rings (SSSR count). The third kappa shape index (κ3) is 0.967. The predicted molar refractivity (Wildman–Crippen MR) is 47.4 cm³/mol. The van der Waals surface area contributed by atoms with Gasteiger partial charge in [0.2, 0.25) is 0 Å². The summed E-state index contributed by atoms with van der Waals surface area (Å²) in [5.74, 6) is -0.251. The number of Topliss-reactive ketones (excluding diaryl/α,β-unsaturated/α-hetero) is 2. The van der Waals surface area contributed by atoms with Crippen LogP contribution in [0.25, 0.3) is 11.2 Å². The quantitative estimate of drug-likeness (QED) is 0.659. The van der Waals surface area contributed by atoms with Gasteiger partial charge in [-0.15, -0.1) is 0 Å². The number of carbonyl (C=O) groups excluding carboxylic acids is 2. The van der Waals surface area contributed by atoms with Crippen LogP contribution in [0.5, 0.6) is 0 Å². The number of benzene rings is 1. The van der Waals surface area contributed by atoms with Crippen LogP contribution in [0.3, 0.4) is 0 Å². The Labute approximate surface area is 74.7 Å². The molecule has 0 aliphatic heterocycles. The summed E-state index contributed by atoms with van der Waals surface area (Å²) < 4.78 is 5.23. The van der Waals surface area contributed by atoms with Crippen LogP contribution >= 0.6 is 0 Å². The summed E-state index contributed by atoms with van der Waals surface area (Å²) in [6.45, 7) is 2.87. The first kappa shape index (κ1) is 7.98. The summed E-state index contributed by atoms with van der Waals surface area (Å²) in [4.78, 5) is 22.4. The Morgan fingerprint density at radius 2 is 1.38 bits per heavy atom. The Balaban J connectivity index is 2.80. The molecule has 0 saturated heterocycles. The second-order valence-corrected chi connectivity index (χ2v) is 3.03. The van der Waals surface area contributed by atoms with Crippen LogP contribution in [-0.4, -0.2) is 11.6 Å². The van der Waals surface area contributed by atoms with Crippen LogP contribution < -0.4 is 0 Å². The Morgan fingerprint density at radius 1 is 1.00 bits per heavy atom. The van der Waals surface area contributed by atoms with Gasteiger partial charge in [0, 0.05) is 0 Å². The molecule has 66 valence electrons. The second kappa shape index (κ2) is 2.42. The molecule has 0 spiro atoms. The minimum absolute atomic E-state index is 0.125. The van der Waals surface area contributed by atoms with E-state index in [-0.39, 0.29) is 11.6 Å². The number of furan rings is 2. The molecule has 2 heterocycles. The molecular formula is C10H8O3. The van der Waals surface area contributed by atoms with Crippen molar-refractivity contribution < 1.29 is 14.0 Å². The summed E-state index contributed by atoms with van der Waals surface area (Å²) >= 11 is 0. The van der Waals surface area contributed by atoms with E-state index in [4.69, 9.17) is 4.42 Å². The maximum atomic E-state index is 11.2. The average Bonchev–Trinajstić information content (AvgIpc) is 2.60. The van der Waals surface area contributed by atoms with Crippen LogP contribution in [-0.2, 0) is 0 Å². The third-order valence-corrected chi connectivity index (χ3v) is 2.05. The van der Waals surface area contributed by atoms with Crippen molar-refractivity contribution in [2.24, 2.45) is 0 Å². The van der Waals surface area contributed by atoms with E-state index in [0.717, 1.165) is 0 Å². The van der Waals surface area contributed by atoms with E-state index in [1.165, 1.54) is 13.8 Å². The van der Waals surface area contributed by atoms with Gasteiger partial charge in [0.15, 0.2) is 11.6 Å². The number of fused-ring (bicyclic) bond motifs is 2. The third-order valence-electron chi connectivity index (χ3n) is 2.05. The van der Waals surface area contributed by atoms with Gasteiger partial charge >= 0.3 is 0 Å². The van der Waals surface area contributed by atoms with E-state index < -0.39 is 0 Å². The SMILES string of the molecule is CC(=O)c1c(C(C)=O)c2ccc1o2. The van der Waals surface area contributed by atoms with Crippen molar-refractivity contribution in [3.05, 3.63) is 23.3 Å². The lowest BCUT2D eigenvalue weighted by Gasteiger charge is -1.95. The molecule has 2 aromatic rings. The normalized spacial score (nSPS) is 10.9. The van der Waals surface area contributed by atoms with Crippen molar-refractivity contribution >= 4 is 22.7 Å². The Bertz CT molecular complexity index is 436. The van der Waals surface area contributed by atoms with E-state index in [0.29, 0.717) is 22.3 Å². The predicted octanol–water partition coefficient (Wildman–Crippen LogP) is 2.28. The highest BCUT2D eigenvalue weighted by atomic mass is 16.3. The summed E-state index contributed by atoms with van der Waals surface area (Å²) in [6, 6.07) is 3.41. The average molecular weight is 176 g/mol. The second-order valence-electron chi connectivity index (χ2n) is 3.03. The molecule has 2 bridgehead atoms. The minimum atomic E-state index is -0.125. The van der Waals surface area contributed by atoms with Crippen molar-refractivity contribution in [2.45, 2.75) is 13.8 Å². The lowest BCUT2D eigenvalue weighted by molar-refractivity contribution is 0.0983. The Morgan fingerprint density at radius 3 is 1.69 bits per heavy atom. The molecule has 3 nitrogen and oxygen atoms in total. The highest BCUT2D eigenvalue weighted by molar-refractivity contribution is 6.16. The highest BCUT2D eigenvalue weighted by Gasteiger charge is 2.22. The van der Waals surface area contributed by atoms with Gasteiger partial charge in [0.05, 0.1) is 11.1 Å². The van der Waals surface area contributed by atoms with Crippen molar-refractivity contribution in [2.75, 3.05) is 0 Å². The molecule has 3 heteroatoms. The molecule has 0 N–H and O–H groups in total. The van der Waals surface area contributed by atoms with E-state index in [2.05, 4.69) is 0 Å². The summed E-state index contributed by atoms with van der Waals surface area (Å²) in [7, 11) is 0. The largest absolute Gasteiger partial charge is 0.456 e. The first-order chi connectivity index (χ1) is 6.11. The maximum Gasteiger partial charge on any atom is 0.164 e. The van der Waals surface area contributed by atoms with Gasteiger partial charge in [0.1, 0.15) is 11.2 Å². The monoisotopic (exact) mass is 176 g/mol. The molecule has 2 aromatic heterocycles. The standard InChI is InChI=1S/C10H8O3/c1-5(11)9-7-3-4-8(13-7)10(9)6(2)12/h3-4H,1-2H3. The first-order valence-corrected chi connectivity index (χ1v) is 3.98. The molecular weight excluding hydrogens is 168 g/mol. The van der Waals surface area contributed by atoms with Crippen LogP contribution in [0.2, 0.25) is 0 Å². The zero-order valence-corrected chi connectivity index (χ0v) is 7.38. The fraction of sp³-hybridized carbons (Fsp3) is 0.200. The topological polar surface area (TPSA) is 47.3 Å². The fourth-order valence-electron chi connectivity index (χ4n) is 1.55. The van der Waals surface area contributed by atoms with Crippen LogP contribution in [0.4, 0.5) is 0 Å². The maximum absolute atomic E-state index is 11.2. The zero-order valence-electron chi connectivity index (χ0n) is 7.38. The van der Waals surface area contributed by atoms with Gasteiger partial charge < -0.3 is 4.42 Å². The van der Waals surface area contributed by atoms with E-state index in [1.807, 2.05) is 0 Å². The molecule has 0 unspecified atom stereocenters. The lowest BCUT2D eigenvalue weighted by atomic mass is 10.0. The van der Waals surface area contributed by atoms with Gasteiger partial charge in [-0.2, -0.15) is 0 Å².